The molecule has 1 aliphatic rings. The number of amides is 2. The number of hydrogen-bond acceptors (Lipinski definition) is 3. The van der Waals surface area contributed by atoms with E-state index in [2.05, 4.69) is 36.5 Å². The second kappa shape index (κ2) is 9.83. The van der Waals surface area contributed by atoms with Crippen LogP contribution in [0, 0.1) is 6.92 Å². The van der Waals surface area contributed by atoms with E-state index in [-0.39, 0.29) is 12.1 Å². The number of aryl methyl sites for hydroxylation is 1. The second-order valence-electron chi connectivity index (χ2n) is 6.14. The van der Waals surface area contributed by atoms with E-state index in [1.54, 1.807) is 0 Å². The first-order valence-electron chi connectivity index (χ1n) is 8.59. The van der Waals surface area contributed by atoms with Gasteiger partial charge in [-0.1, -0.05) is 24.3 Å². The molecule has 2 rings (SSSR count). The van der Waals surface area contributed by atoms with Gasteiger partial charge in [-0.25, -0.2) is 4.79 Å². The Bertz CT molecular complexity index is 495. The molecule has 4 nitrogen and oxygen atoms in total. The third kappa shape index (κ3) is 5.74. The van der Waals surface area contributed by atoms with Crippen molar-refractivity contribution in [2.45, 2.75) is 44.4 Å². The number of nitrogens with zero attached hydrogens (tertiary/aromatic N) is 1. The fourth-order valence-electron chi connectivity index (χ4n) is 2.94. The van der Waals surface area contributed by atoms with Gasteiger partial charge >= 0.3 is 6.03 Å². The molecule has 0 bridgehead atoms. The molecule has 1 aromatic rings. The van der Waals surface area contributed by atoms with E-state index in [4.69, 9.17) is 5.73 Å². The van der Waals surface area contributed by atoms with Gasteiger partial charge in [-0.3, -0.25) is 0 Å². The van der Waals surface area contributed by atoms with Crippen LogP contribution in [0.1, 0.15) is 36.8 Å². The molecule has 1 saturated heterocycles. The van der Waals surface area contributed by atoms with Crippen molar-refractivity contribution in [1.82, 2.24) is 10.2 Å². The predicted octanol–water partition coefficient (Wildman–Crippen LogP) is 3.14. The molecule has 23 heavy (non-hydrogen) atoms. The maximum Gasteiger partial charge on any atom is 0.317 e. The highest BCUT2D eigenvalue weighted by Gasteiger charge is 2.24. The molecule has 2 amide bonds. The van der Waals surface area contributed by atoms with E-state index in [0.29, 0.717) is 6.54 Å². The van der Waals surface area contributed by atoms with Gasteiger partial charge in [0.25, 0.3) is 0 Å². The van der Waals surface area contributed by atoms with Crippen LogP contribution < -0.4 is 11.1 Å². The van der Waals surface area contributed by atoms with E-state index >= 15 is 0 Å². The van der Waals surface area contributed by atoms with Gasteiger partial charge in [0.1, 0.15) is 0 Å². The van der Waals surface area contributed by atoms with Crippen molar-refractivity contribution in [2.24, 2.45) is 5.73 Å². The number of carbonyl (C=O) groups excluding carboxylic acids is 1. The van der Waals surface area contributed by atoms with Crippen molar-refractivity contribution in [1.29, 1.82) is 0 Å². The molecule has 5 heteroatoms. The van der Waals surface area contributed by atoms with Gasteiger partial charge in [0.05, 0.1) is 0 Å². The zero-order chi connectivity index (χ0) is 16.5. The highest BCUT2D eigenvalue weighted by atomic mass is 32.2. The van der Waals surface area contributed by atoms with Crippen molar-refractivity contribution in [3.63, 3.8) is 0 Å². The number of rotatable bonds is 7. The first kappa shape index (κ1) is 18.1. The van der Waals surface area contributed by atoms with Crippen LogP contribution in [0.2, 0.25) is 0 Å². The molecule has 0 saturated carbocycles. The lowest BCUT2D eigenvalue weighted by molar-refractivity contribution is 0.154. The summed E-state index contributed by atoms with van der Waals surface area (Å²) >= 11 is 1.93. The Labute approximate surface area is 144 Å². The first-order chi connectivity index (χ1) is 11.2. The molecule has 0 aliphatic carbocycles. The maximum atomic E-state index is 12.2. The highest BCUT2D eigenvalue weighted by Crippen LogP contribution is 2.17. The Balaban J connectivity index is 1.60. The van der Waals surface area contributed by atoms with Crippen LogP contribution in [0.4, 0.5) is 4.79 Å². The van der Waals surface area contributed by atoms with Gasteiger partial charge in [-0.15, -0.1) is 0 Å². The quantitative estimate of drug-likeness (QED) is 0.753. The Kier molecular flexibility index (Phi) is 7.76. The van der Waals surface area contributed by atoms with Crippen LogP contribution in [0.15, 0.2) is 24.3 Å². The topological polar surface area (TPSA) is 58.4 Å². The number of thioether (sulfide) groups is 1. The molecular weight excluding hydrogens is 306 g/mol. The number of benzene rings is 1. The number of nitrogens with two attached hydrogens (primary N) is 1. The van der Waals surface area contributed by atoms with Gasteiger partial charge in [-0.05, 0) is 49.5 Å². The summed E-state index contributed by atoms with van der Waals surface area (Å²) in [5, 5.41) is 3.04. The number of piperidine rings is 1. The SMILES string of the molecule is Cc1ccccc1CSCCCNC(=O)N1CCCCC1CN. The lowest BCUT2D eigenvalue weighted by Crippen LogP contribution is -2.51. The van der Waals surface area contributed by atoms with Gasteiger partial charge in [0, 0.05) is 31.4 Å². The van der Waals surface area contributed by atoms with Crippen LogP contribution >= 0.6 is 11.8 Å². The molecule has 0 aromatic heterocycles. The van der Waals surface area contributed by atoms with Crippen LogP contribution in [0.3, 0.4) is 0 Å². The standard InChI is InChI=1S/C18H29N3OS/c1-15-7-2-3-8-16(15)14-23-12-6-10-20-18(22)21-11-5-4-9-17(21)13-19/h2-3,7-8,17H,4-6,9-14,19H2,1H3,(H,20,22). The van der Waals surface area contributed by atoms with Crippen LogP contribution in [0.5, 0.6) is 0 Å². The molecule has 3 N–H and O–H groups in total. The van der Waals surface area contributed by atoms with E-state index in [9.17, 15) is 4.79 Å². The van der Waals surface area contributed by atoms with Crippen molar-refractivity contribution >= 4 is 17.8 Å². The summed E-state index contributed by atoms with van der Waals surface area (Å²) in [6, 6.07) is 8.79. The molecule has 0 radical (unpaired) electrons. The first-order valence-corrected chi connectivity index (χ1v) is 9.74. The number of carbonyl (C=O) groups is 1. The number of urea groups is 1. The summed E-state index contributed by atoms with van der Waals surface area (Å²) in [5.41, 5.74) is 8.52. The number of nitrogens with one attached hydrogen (secondary N) is 1. The summed E-state index contributed by atoms with van der Waals surface area (Å²) in [7, 11) is 0. The predicted molar refractivity (Wildman–Crippen MR) is 98.8 cm³/mol. The molecule has 1 heterocycles. The Morgan fingerprint density at radius 2 is 2.22 bits per heavy atom. The minimum absolute atomic E-state index is 0.0593. The van der Waals surface area contributed by atoms with Gasteiger partial charge in [0.15, 0.2) is 0 Å². The smallest absolute Gasteiger partial charge is 0.317 e. The average Bonchev–Trinajstić information content (AvgIpc) is 2.59. The molecule has 1 atom stereocenters. The summed E-state index contributed by atoms with van der Waals surface area (Å²) in [4.78, 5) is 14.1. The molecular formula is C18H29N3OS. The normalized spacial score (nSPS) is 18.0. The minimum atomic E-state index is 0.0593. The van der Waals surface area contributed by atoms with E-state index < -0.39 is 0 Å². The van der Waals surface area contributed by atoms with E-state index in [1.165, 1.54) is 17.5 Å². The summed E-state index contributed by atoms with van der Waals surface area (Å²) < 4.78 is 0. The molecule has 1 fully saturated rings. The summed E-state index contributed by atoms with van der Waals surface area (Å²) in [6.07, 6.45) is 4.32. The largest absolute Gasteiger partial charge is 0.338 e. The van der Waals surface area contributed by atoms with Crippen LogP contribution in [-0.4, -0.2) is 42.4 Å². The minimum Gasteiger partial charge on any atom is -0.338 e. The second-order valence-corrected chi connectivity index (χ2v) is 7.25. The van der Waals surface area contributed by atoms with Crippen molar-refractivity contribution in [2.75, 3.05) is 25.4 Å². The Hall–Kier alpha value is -1.20. The Morgan fingerprint density at radius 1 is 1.39 bits per heavy atom. The fraction of sp³-hybridized carbons (Fsp3) is 0.611. The van der Waals surface area contributed by atoms with Crippen LogP contribution in [0.25, 0.3) is 0 Å². The lowest BCUT2D eigenvalue weighted by Gasteiger charge is -2.35. The van der Waals surface area contributed by atoms with Crippen molar-refractivity contribution in [3.05, 3.63) is 35.4 Å². The molecule has 1 aliphatic heterocycles. The summed E-state index contributed by atoms with van der Waals surface area (Å²) in [5.74, 6) is 2.11. The Morgan fingerprint density at radius 3 is 3.00 bits per heavy atom. The van der Waals surface area contributed by atoms with E-state index in [0.717, 1.165) is 43.9 Å². The zero-order valence-electron chi connectivity index (χ0n) is 14.1. The highest BCUT2D eigenvalue weighted by molar-refractivity contribution is 7.98. The monoisotopic (exact) mass is 335 g/mol. The van der Waals surface area contributed by atoms with Gasteiger partial charge < -0.3 is 16.0 Å². The van der Waals surface area contributed by atoms with Crippen molar-refractivity contribution < 1.29 is 4.79 Å². The third-order valence-corrected chi connectivity index (χ3v) is 5.51. The summed E-state index contributed by atoms with van der Waals surface area (Å²) in [6.45, 7) is 4.31. The van der Waals surface area contributed by atoms with Gasteiger partial charge in [-0.2, -0.15) is 11.8 Å². The van der Waals surface area contributed by atoms with E-state index in [1.807, 2.05) is 16.7 Å². The molecule has 1 unspecified atom stereocenters. The van der Waals surface area contributed by atoms with Crippen LogP contribution in [-0.2, 0) is 5.75 Å². The third-order valence-electron chi connectivity index (χ3n) is 4.42. The molecule has 1 aromatic carbocycles. The van der Waals surface area contributed by atoms with Crippen molar-refractivity contribution in [3.8, 4) is 0 Å². The zero-order valence-corrected chi connectivity index (χ0v) is 14.9. The number of hydrogen-bond donors (Lipinski definition) is 2. The maximum absolute atomic E-state index is 12.2. The van der Waals surface area contributed by atoms with Gasteiger partial charge in [0.2, 0.25) is 0 Å². The molecule has 0 spiro atoms. The molecule has 128 valence electrons. The fourth-order valence-corrected chi connectivity index (χ4v) is 3.97. The average molecular weight is 336 g/mol. The lowest BCUT2D eigenvalue weighted by atomic mass is 10.0. The number of likely N-dealkylation sites (tertiary alicyclic amines) is 1.